The average molecular weight is 377 g/mol. The molecule has 3 aromatic rings. The molecule has 144 valence electrons. The number of hydrogen-bond acceptors (Lipinski definition) is 5. The molecule has 0 saturated heterocycles. The van der Waals surface area contributed by atoms with Crippen molar-refractivity contribution < 1.29 is 14.3 Å². The molecule has 6 nitrogen and oxygen atoms in total. The topological polar surface area (TPSA) is 73.3 Å². The Balaban J connectivity index is 1.69. The molecule has 6 heteroatoms. The van der Waals surface area contributed by atoms with Gasteiger partial charge in [0.25, 0.3) is 5.91 Å². The summed E-state index contributed by atoms with van der Waals surface area (Å²) < 4.78 is 11.3. The Kier molecular flexibility index (Phi) is 6.34. The molecule has 1 aromatic heterocycles. The zero-order chi connectivity index (χ0) is 19.9. The van der Waals surface area contributed by atoms with Crippen LogP contribution in [0.15, 0.2) is 55.0 Å². The predicted octanol–water partition coefficient (Wildman–Crippen LogP) is 4.07. The lowest BCUT2D eigenvalue weighted by atomic mass is 10.1. The van der Waals surface area contributed by atoms with Gasteiger partial charge < -0.3 is 14.8 Å². The number of carbonyl (C=O) groups excluding carboxylic acids is 1. The largest absolute Gasteiger partial charge is 0.496 e. The highest BCUT2D eigenvalue weighted by Crippen LogP contribution is 2.22. The molecule has 0 aliphatic rings. The normalized spacial score (nSPS) is 10.5. The first kappa shape index (κ1) is 19.5. The smallest absolute Gasteiger partial charge is 0.256 e. The van der Waals surface area contributed by atoms with E-state index in [1.165, 1.54) is 23.5 Å². The molecule has 0 spiro atoms. The molecule has 0 aliphatic carbocycles. The zero-order valence-electron chi connectivity index (χ0n) is 16.2. The van der Waals surface area contributed by atoms with Gasteiger partial charge in [-0.05, 0) is 37.6 Å². The molecule has 2 aromatic carbocycles. The minimum absolute atomic E-state index is 0.265. The fourth-order valence-corrected chi connectivity index (χ4v) is 3.02. The van der Waals surface area contributed by atoms with E-state index in [1.54, 1.807) is 31.5 Å². The van der Waals surface area contributed by atoms with E-state index < -0.39 is 0 Å². The van der Waals surface area contributed by atoms with Gasteiger partial charge in [-0.2, -0.15) is 0 Å². The van der Waals surface area contributed by atoms with Gasteiger partial charge in [0.1, 0.15) is 5.75 Å². The van der Waals surface area contributed by atoms with Crippen molar-refractivity contribution in [3.05, 3.63) is 82.8 Å². The molecule has 0 fully saturated rings. The van der Waals surface area contributed by atoms with Crippen molar-refractivity contribution in [3.63, 3.8) is 0 Å². The van der Waals surface area contributed by atoms with E-state index in [0.29, 0.717) is 30.3 Å². The highest BCUT2D eigenvalue weighted by atomic mass is 16.5. The third kappa shape index (κ3) is 5.14. The number of nitrogens with zero attached hydrogens (tertiary/aromatic N) is 2. The Morgan fingerprint density at radius 3 is 2.50 bits per heavy atom. The number of aromatic nitrogens is 2. The quantitative estimate of drug-likeness (QED) is 0.672. The predicted molar refractivity (Wildman–Crippen MR) is 107 cm³/mol. The van der Waals surface area contributed by atoms with Crippen molar-refractivity contribution in [1.82, 2.24) is 9.97 Å². The number of ether oxygens (including phenoxy) is 2. The fraction of sp³-hybridized carbons (Fsp3) is 0.227. The standard InChI is InChI=1S/C22H23N3O3/c1-15-8-16(2)10-17(9-15)13-28-14-19-11-18(4-5-20(19)27-3)22(26)25-21-12-23-6-7-24-21/h4-12H,13-14H2,1-3H3,(H,24,25,26). The number of amides is 1. The number of nitrogens with one attached hydrogen (secondary N) is 1. The van der Waals surface area contributed by atoms with Crippen LogP contribution in [0.4, 0.5) is 5.82 Å². The van der Waals surface area contributed by atoms with Crippen molar-refractivity contribution in [3.8, 4) is 5.75 Å². The molecule has 0 aliphatic heterocycles. The van der Waals surface area contributed by atoms with Crippen LogP contribution in [0.3, 0.4) is 0 Å². The summed E-state index contributed by atoms with van der Waals surface area (Å²) in [7, 11) is 1.60. The Morgan fingerprint density at radius 2 is 1.82 bits per heavy atom. The van der Waals surface area contributed by atoms with Crippen LogP contribution in [0.5, 0.6) is 5.75 Å². The number of rotatable bonds is 7. The van der Waals surface area contributed by atoms with E-state index in [4.69, 9.17) is 9.47 Å². The zero-order valence-corrected chi connectivity index (χ0v) is 16.2. The Labute approximate surface area is 164 Å². The molecular weight excluding hydrogens is 354 g/mol. The first-order valence-corrected chi connectivity index (χ1v) is 8.94. The average Bonchev–Trinajstić information content (AvgIpc) is 2.68. The van der Waals surface area contributed by atoms with Crippen molar-refractivity contribution in [2.75, 3.05) is 12.4 Å². The highest BCUT2D eigenvalue weighted by Gasteiger charge is 2.11. The molecular formula is C22H23N3O3. The van der Waals surface area contributed by atoms with Crippen LogP contribution in [0.2, 0.25) is 0 Å². The summed E-state index contributed by atoms with van der Waals surface area (Å²) in [5.41, 5.74) is 4.83. The van der Waals surface area contributed by atoms with Crippen LogP contribution < -0.4 is 10.1 Å². The number of methoxy groups -OCH3 is 1. The number of benzene rings is 2. The van der Waals surface area contributed by atoms with E-state index in [9.17, 15) is 4.79 Å². The number of aryl methyl sites for hydroxylation is 2. The summed E-state index contributed by atoms with van der Waals surface area (Å²) in [5.74, 6) is 0.811. The second kappa shape index (κ2) is 9.10. The lowest BCUT2D eigenvalue weighted by molar-refractivity contribution is 0.101. The van der Waals surface area contributed by atoms with Crippen LogP contribution in [0.1, 0.15) is 32.6 Å². The minimum Gasteiger partial charge on any atom is -0.496 e. The first-order chi connectivity index (χ1) is 13.5. The summed E-state index contributed by atoms with van der Waals surface area (Å²) >= 11 is 0. The Bertz CT molecular complexity index is 938. The molecule has 0 radical (unpaired) electrons. The monoisotopic (exact) mass is 377 g/mol. The lowest BCUT2D eigenvalue weighted by Gasteiger charge is -2.12. The second-order valence-corrected chi connectivity index (χ2v) is 6.56. The lowest BCUT2D eigenvalue weighted by Crippen LogP contribution is -2.13. The van der Waals surface area contributed by atoms with E-state index in [1.807, 2.05) is 0 Å². The van der Waals surface area contributed by atoms with Crippen molar-refractivity contribution in [1.29, 1.82) is 0 Å². The summed E-state index contributed by atoms with van der Waals surface area (Å²) in [6.45, 7) is 4.96. The molecule has 1 amide bonds. The first-order valence-electron chi connectivity index (χ1n) is 8.94. The van der Waals surface area contributed by atoms with E-state index in [0.717, 1.165) is 11.1 Å². The van der Waals surface area contributed by atoms with Gasteiger partial charge in [-0.1, -0.05) is 29.3 Å². The van der Waals surface area contributed by atoms with Gasteiger partial charge in [0.2, 0.25) is 0 Å². The van der Waals surface area contributed by atoms with E-state index in [2.05, 4.69) is 47.3 Å². The molecule has 28 heavy (non-hydrogen) atoms. The molecule has 0 atom stereocenters. The van der Waals surface area contributed by atoms with Crippen molar-refractivity contribution in [2.24, 2.45) is 0 Å². The molecule has 0 unspecified atom stereocenters. The van der Waals surface area contributed by atoms with Crippen LogP contribution in [-0.2, 0) is 18.0 Å². The molecule has 1 N–H and O–H groups in total. The molecule has 0 bridgehead atoms. The van der Waals surface area contributed by atoms with Crippen LogP contribution in [0.25, 0.3) is 0 Å². The maximum atomic E-state index is 12.5. The number of carbonyl (C=O) groups is 1. The van der Waals surface area contributed by atoms with Gasteiger partial charge in [-0.15, -0.1) is 0 Å². The van der Waals surface area contributed by atoms with Crippen LogP contribution in [0, 0.1) is 13.8 Å². The number of hydrogen-bond donors (Lipinski definition) is 1. The van der Waals surface area contributed by atoms with Gasteiger partial charge >= 0.3 is 0 Å². The summed E-state index contributed by atoms with van der Waals surface area (Å²) in [6, 6.07) is 11.6. The van der Waals surface area contributed by atoms with Crippen molar-refractivity contribution >= 4 is 11.7 Å². The maximum Gasteiger partial charge on any atom is 0.256 e. The third-order valence-corrected chi connectivity index (χ3v) is 4.16. The van der Waals surface area contributed by atoms with Gasteiger partial charge in [-0.3, -0.25) is 9.78 Å². The summed E-state index contributed by atoms with van der Waals surface area (Å²) in [4.78, 5) is 20.5. The second-order valence-electron chi connectivity index (χ2n) is 6.56. The van der Waals surface area contributed by atoms with E-state index in [-0.39, 0.29) is 5.91 Å². The summed E-state index contributed by atoms with van der Waals surface area (Å²) in [6.07, 6.45) is 4.57. The number of anilines is 1. The Morgan fingerprint density at radius 1 is 1.04 bits per heavy atom. The fourth-order valence-electron chi connectivity index (χ4n) is 3.02. The SMILES string of the molecule is COc1ccc(C(=O)Nc2cnccn2)cc1COCc1cc(C)cc(C)c1. The molecule has 3 rings (SSSR count). The van der Waals surface area contributed by atoms with Gasteiger partial charge in [-0.25, -0.2) is 4.98 Å². The molecule has 1 heterocycles. The van der Waals surface area contributed by atoms with Crippen LogP contribution >= 0.6 is 0 Å². The molecule has 0 saturated carbocycles. The van der Waals surface area contributed by atoms with Gasteiger partial charge in [0, 0.05) is 23.5 Å². The third-order valence-electron chi connectivity index (χ3n) is 4.16. The van der Waals surface area contributed by atoms with Gasteiger partial charge in [0.15, 0.2) is 5.82 Å². The van der Waals surface area contributed by atoms with Crippen LogP contribution in [-0.4, -0.2) is 23.0 Å². The summed E-state index contributed by atoms with van der Waals surface area (Å²) in [5, 5.41) is 2.72. The highest BCUT2D eigenvalue weighted by molar-refractivity contribution is 6.03. The Hall–Kier alpha value is -3.25. The van der Waals surface area contributed by atoms with Crippen molar-refractivity contribution in [2.45, 2.75) is 27.1 Å². The van der Waals surface area contributed by atoms with Gasteiger partial charge in [0.05, 0.1) is 26.5 Å². The maximum absolute atomic E-state index is 12.5. The minimum atomic E-state index is -0.265. The van der Waals surface area contributed by atoms with E-state index >= 15 is 0 Å².